The Kier molecular flexibility index (Phi) is 4.17. The van der Waals surface area contributed by atoms with Crippen LogP contribution in [0.3, 0.4) is 0 Å². The van der Waals surface area contributed by atoms with E-state index in [0.29, 0.717) is 18.7 Å². The second-order valence-electron chi connectivity index (χ2n) is 5.30. The molecule has 2 atom stereocenters. The molecule has 0 bridgehead atoms. The molecule has 0 aliphatic carbocycles. The van der Waals surface area contributed by atoms with E-state index in [2.05, 4.69) is 5.32 Å². The first kappa shape index (κ1) is 14.0. The first-order chi connectivity index (χ1) is 10.2. The predicted molar refractivity (Wildman–Crippen MR) is 74.3 cm³/mol. The maximum atomic E-state index is 12.1. The number of nitrogens with one attached hydrogen (secondary N) is 1. The highest BCUT2D eigenvalue weighted by molar-refractivity contribution is 5.89. The number of nitrogens with zero attached hydrogens (tertiary/aromatic N) is 1. The van der Waals surface area contributed by atoms with Gasteiger partial charge in [-0.25, -0.2) is 4.79 Å². The number of morpholine rings is 1. The molecule has 0 aromatic heterocycles. The molecule has 0 saturated carbocycles. The minimum Gasteiger partial charge on any atom is -0.366 e. The number of carbonyl (C=O) groups excluding carboxylic acids is 2. The van der Waals surface area contributed by atoms with Crippen LogP contribution in [0.25, 0.3) is 0 Å². The lowest BCUT2D eigenvalue weighted by Crippen LogP contribution is -2.55. The summed E-state index contributed by atoms with van der Waals surface area (Å²) in [6.07, 6.45) is 1.71. The lowest BCUT2D eigenvalue weighted by molar-refractivity contribution is -0.142. The van der Waals surface area contributed by atoms with Crippen molar-refractivity contribution in [2.24, 2.45) is 0 Å². The molecule has 6 heteroatoms. The molecule has 2 fully saturated rings. The SMILES string of the molecule is O=C1CO[C@H]2CCCN(OC(=O)c3ccccc3)C[C@@H]2N1. The van der Waals surface area contributed by atoms with Gasteiger partial charge in [-0.05, 0) is 25.0 Å². The minimum absolute atomic E-state index is 0.00290. The third-order valence-corrected chi connectivity index (χ3v) is 3.74. The predicted octanol–water partition coefficient (Wildman–Crippen LogP) is 0.738. The minimum atomic E-state index is -0.378. The van der Waals surface area contributed by atoms with Gasteiger partial charge in [0.2, 0.25) is 5.91 Å². The van der Waals surface area contributed by atoms with Crippen molar-refractivity contribution in [2.45, 2.75) is 25.0 Å². The summed E-state index contributed by atoms with van der Waals surface area (Å²) in [6.45, 7) is 1.21. The van der Waals surface area contributed by atoms with Crippen LogP contribution in [0, 0.1) is 0 Å². The molecule has 1 amide bonds. The summed E-state index contributed by atoms with van der Waals surface area (Å²) >= 11 is 0. The quantitative estimate of drug-likeness (QED) is 0.870. The standard InChI is InChI=1S/C15H18N2O4/c18-14-10-20-13-7-4-8-17(9-12(13)16-14)21-15(19)11-5-2-1-3-6-11/h1-3,5-6,12-13H,4,7-10H2,(H,16,18)/t12-,13-/m0/s1. The highest BCUT2D eigenvalue weighted by Crippen LogP contribution is 2.18. The van der Waals surface area contributed by atoms with Crippen LogP contribution in [-0.2, 0) is 14.4 Å². The van der Waals surface area contributed by atoms with Gasteiger partial charge in [-0.15, -0.1) is 5.06 Å². The van der Waals surface area contributed by atoms with Gasteiger partial charge in [-0.2, -0.15) is 0 Å². The fraction of sp³-hybridized carbons (Fsp3) is 0.467. The van der Waals surface area contributed by atoms with Crippen molar-refractivity contribution in [1.82, 2.24) is 10.4 Å². The van der Waals surface area contributed by atoms with Gasteiger partial charge in [0.1, 0.15) is 6.61 Å². The molecule has 21 heavy (non-hydrogen) atoms. The topological polar surface area (TPSA) is 67.9 Å². The maximum Gasteiger partial charge on any atom is 0.357 e. The van der Waals surface area contributed by atoms with Crippen LogP contribution in [0.5, 0.6) is 0 Å². The maximum absolute atomic E-state index is 12.1. The third kappa shape index (κ3) is 3.40. The molecule has 3 rings (SSSR count). The molecule has 2 saturated heterocycles. The van der Waals surface area contributed by atoms with Gasteiger partial charge in [0.05, 0.1) is 24.3 Å². The van der Waals surface area contributed by atoms with E-state index in [-0.39, 0.29) is 30.6 Å². The summed E-state index contributed by atoms with van der Waals surface area (Å²) < 4.78 is 5.53. The van der Waals surface area contributed by atoms with Crippen LogP contribution >= 0.6 is 0 Å². The Labute approximate surface area is 123 Å². The Morgan fingerprint density at radius 3 is 2.95 bits per heavy atom. The molecule has 2 aliphatic heterocycles. The smallest absolute Gasteiger partial charge is 0.357 e. The summed E-state index contributed by atoms with van der Waals surface area (Å²) in [6, 6.07) is 8.75. The molecule has 0 radical (unpaired) electrons. The Balaban J connectivity index is 1.63. The molecule has 1 N–H and O–H groups in total. The number of amides is 1. The molecule has 2 aliphatic rings. The highest BCUT2D eigenvalue weighted by atomic mass is 16.7. The third-order valence-electron chi connectivity index (χ3n) is 3.74. The Morgan fingerprint density at radius 2 is 2.14 bits per heavy atom. The van der Waals surface area contributed by atoms with E-state index in [4.69, 9.17) is 9.57 Å². The zero-order chi connectivity index (χ0) is 14.7. The number of carbonyl (C=O) groups is 2. The molecule has 1 aromatic rings. The zero-order valence-corrected chi connectivity index (χ0v) is 11.7. The number of benzene rings is 1. The van der Waals surface area contributed by atoms with Crippen molar-refractivity contribution >= 4 is 11.9 Å². The van der Waals surface area contributed by atoms with Crippen LogP contribution in [0.15, 0.2) is 30.3 Å². The van der Waals surface area contributed by atoms with Crippen molar-refractivity contribution in [3.63, 3.8) is 0 Å². The lowest BCUT2D eigenvalue weighted by atomic mass is 10.1. The zero-order valence-electron chi connectivity index (χ0n) is 11.7. The van der Waals surface area contributed by atoms with Gasteiger partial charge < -0.3 is 14.9 Å². The normalized spacial score (nSPS) is 26.4. The van der Waals surface area contributed by atoms with Crippen molar-refractivity contribution in [2.75, 3.05) is 19.7 Å². The van der Waals surface area contributed by atoms with E-state index in [9.17, 15) is 9.59 Å². The Hall–Kier alpha value is -1.92. The molecular formula is C15H18N2O4. The lowest BCUT2D eigenvalue weighted by Gasteiger charge is -2.32. The number of ether oxygens (including phenoxy) is 1. The fourth-order valence-corrected chi connectivity index (χ4v) is 2.69. The second kappa shape index (κ2) is 6.24. The van der Waals surface area contributed by atoms with Crippen LogP contribution in [0.4, 0.5) is 0 Å². The first-order valence-electron chi connectivity index (χ1n) is 7.15. The van der Waals surface area contributed by atoms with Crippen molar-refractivity contribution < 1.29 is 19.2 Å². The molecule has 2 heterocycles. The largest absolute Gasteiger partial charge is 0.366 e. The Bertz CT molecular complexity index is 520. The average molecular weight is 290 g/mol. The molecule has 112 valence electrons. The first-order valence-corrected chi connectivity index (χ1v) is 7.15. The molecule has 0 spiro atoms. The van der Waals surface area contributed by atoms with Crippen LogP contribution in [-0.4, -0.2) is 48.8 Å². The van der Waals surface area contributed by atoms with Crippen molar-refractivity contribution in [3.8, 4) is 0 Å². The molecule has 0 unspecified atom stereocenters. The fourth-order valence-electron chi connectivity index (χ4n) is 2.69. The van der Waals surface area contributed by atoms with Crippen LogP contribution in [0.2, 0.25) is 0 Å². The summed E-state index contributed by atoms with van der Waals surface area (Å²) in [5, 5.41) is 4.52. The van der Waals surface area contributed by atoms with Crippen LogP contribution < -0.4 is 5.32 Å². The van der Waals surface area contributed by atoms with Gasteiger partial charge in [0.25, 0.3) is 0 Å². The summed E-state index contributed by atoms with van der Waals surface area (Å²) in [5.41, 5.74) is 0.516. The average Bonchev–Trinajstić information content (AvgIpc) is 2.69. The molecular weight excluding hydrogens is 272 g/mol. The van der Waals surface area contributed by atoms with Gasteiger partial charge in [0, 0.05) is 6.54 Å². The van der Waals surface area contributed by atoms with Crippen molar-refractivity contribution in [3.05, 3.63) is 35.9 Å². The van der Waals surface area contributed by atoms with Crippen molar-refractivity contribution in [1.29, 1.82) is 0 Å². The highest BCUT2D eigenvalue weighted by Gasteiger charge is 2.34. The van der Waals surface area contributed by atoms with Crippen LogP contribution in [0.1, 0.15) is 23.2 Å². The second-order valence-corrected chi connectivity index (χ2v) is 5.30. The van der Waals surface area contributed by atoms with E-state index in [1.54, 1.807) is 29.3 Å². The summed E-state index contributed by atoms with van der Waals surface area (Å²) in [4.78, 5) is 28.9. The molecule has 1 aromatic carbocycles. The number of hydroxylamine groups is 2. The van der Waals surface area contributed by atoms with Gasteiger partial charge in [0.15, 0.2) is 0 Å². The van der Waals surface area contributed by atoms with E-state index in [1.165, 1.54) is 0 Å². The van der Waals surface area contributed by atoms with E-state index in [1.807, 2.05) is 6.07 Å². The van der Waals surface area contributed by atoms with Gasteiger partial charge in [-0.1, -0.05) is 18.2 Å². The van der Waals surface area contributed by atoms with Gasteiger partial charge in [-0.3, -0.25) is 4.79 Å². The monoisotopic (exact) mass is 290 g/mol. The van der Waals surface area contributed by atoms with E-state index < -0.39 is 0 Å². The summed E-state index contributed by atoms with van der Waals surface area (Å²) in [5.74, 6) is -0.496. The number of hydrogen-bond donors (Lipinski definition) is 1. The summed E-state index contributed by atoms with van der Waals surface area (Å²) in [7, 11) is 0. The molecule has 6 nitrogen and oxygen atoms in total. The van der Waals surface area contributed by atoms with Gasteiger partial charge >= 0.3 is 5.97 Å². The Morgan fingerprint density at radius 1 is 1.33 bits per heavy atom. The van der Waals surface area contributed by atoms with E-state index >= 15 is 0 Å². The number of fused-ring (bicyclic) bond motifs is 1. The number of hydrogen-bond acceptors (Lipinski definition) is 5. The van der Waals surface area contributed by atoms with E-state index in [0.717, 1.165) is 12.8 Å². The number of rotatable bonds is 2.